The molecule has 1 amide bonds. The molecule has 0 aromatic heterocycles. The molecule has 0 spiro atoms. The zero-order valence-electron chi connectivity index (χ0n) is 13.7. The molecule has 25 heavy (non-hydrogen) atoms. The van der Waals surface area contributed by atoms with Gasteiger partial charge in [-0.25, -0.2) is 0 Å². The van der Waals surface area contributed by atoms with Crippen LogP contribution in [0, 0.1) is 5.92 Å². The lowest BCUT2D eigenvalue weighted by Crippen LogP contribution is -2.50. The van der Waals surface area contributed by atoms with Crippen LogP contribution in [0.3, 0.4) is 0 Å². The average Bonchev–Trinajstić information content (AvgIpc) is 2.93. The largest absolute Gasteiger partial charge is 0.416 e. The average molecular weight is 357 g/mol. The normalized spacial score (nSPS) is 27.6. The molecule has 8 heteroatoms. The number of amides is 1. The fourth-order valence-electron chi connectivity index (χ4n) is 3.57. The van der Waals surface area contributed by atoms with Gasteiger partial charge in [0.05, 0.1) is 11.7 Å². The van der Waals surface area contributed by atoms with Crippen LogP contribution in [0.25, 0.3) is 0 Å². The Labute approximate surface area is 144 Å². The zero-order valence-corrected chi connectivity index (χ0v) is 13.7. The van der Waals surface area contributed by atoms with Gasteiger partial charge in [0.1, 0.15) is 0 Å². The molecule has 3 rings (SSSR count). The number of aliphatic hydroxyl groups is 1. The first-order valence-electron chi connectivity index (χ1n) is 8.40. The molecule has 1 aromatic rings. The van der Waals surface area contributed by atoms with Crippen molar-refractivity contribution in [3.8, 4) is 0 Å². The topological polar surface area (TPSA) is 69.8 Å². The Kier molecular flexibility index (Phi) is 4.92. The molecule has 138 valence electrons. The number of aliphatic hydroxyl groups excluding tert-OH is 1. The third-order valence-corrected chi connectivity index (χ3v) is 5.06. The van der Waals surface area contributed by atoms with Crippen LogP contribution >= 0.6 is 0 Å². The first-order valence-corrected chi connectivity index (χ1v) is 8.40. The Balaban J connectivity index is 1.60. The number of hydrogen-bond acceptors (Lipinski definition) is 4. The number of alkyl halides is 3. The van der Waals surface area contributed by atoms with E-state index in [4.69, 9.17) is 5.73 Å². The van der Waals surface area contributed by atoms with Crippen molar-refractivity contribution in [1.82, 2.24) is 4.90 Å². The second-order valence-corrected chi connectivity index (χ2v) is 6.76. The molecule has 2 fully saturated rings. The van der Waals surface area contributed by atoms with E-state index in [-0.39, 0.29) is 17.9 Å². The van der Waals surface area contributed by atoms with Crippen LogP contribution in [-0.4, -0.2) is 54.2 Å². The number of nitrogens with zero attached hydrogens (tertiary/aromatic N) is 2. The predicted octanol–water partition coefficient (Wildman–Crippen LogP) is 1.45. The molecule has 3 atom stereocenters. The smallest absolute Gasteiger partial charge is 0.391 e. The van der Waals surface area contributed by atoms with E-state index in [2.05, 4.69) is 0 Å². The third kappa shape index (κ3) is 3.90. The number of anilines is 1. The number of nitrogens with two attached hydrogens (primary N) is 1. The summed E-state index contributed by atoms with van der Waals surface area (Å²) in [7, 11) is 0. The van der Waals surface area contributed by atoms with Gasteiger partial charge in [-0.05, 0) is 31.0 Å². The van der Waals surface area contributed by atoms with Gasteiger partial charge in [0, 0.05) is 43.8 Å². The van der Waals surface area contributed by atoms with Crippen LogP contribution < -0.4 is 10.6 Å². The zero-order chi connectivity index (χ0) is 18.2. The van der Waals surface area contributed by atoms with Crippen molar-refractivity contribution in [2.75, 3.05) is 31.1 Å². The molecule has 1 saturated heterocycles. The van der Waals surface area contributed by atoms with Gasteiger partial charge in [0.25, 0.3) is 0 Å². The molecule has 1 aliphatic heterocycles. The summed E-state index contributed by atoms with van der Waals surface area (Å²) in [5.74, 6) is -0.277. The summed E-state index contributed by atoms with van der Waals surface area (Å²) < 4.78 is 38.5. The molecule has 0 radical (unpaired) electrons. The summed E-state index contributed by atoms with van der Waals surface area (Å²) in [4.78, 5) is 16.1. The molecular weight excluding hydrogens is 335 g/mol. The van der Waals surface area contributed by atoms with Gasteiger partial charge in [-0.2, -0.15) is 13.2 Å². The molecule has 1 aliphatic carbocycles. The SMILES string of the molecule is N[C@H]1C[C@H](C(=O)N2CCN(c3cccc(C(F)(F)F)c3)CC2)C[C@@H]1O. The van der Waals surface area contributed by atoms with E-state index in [0.29, 0.717) is 44.7 Å². The lowest BCUT2D eigenvalue weighted by Gasteiger charge is -2.37. The Bertz CT molecular complexity index is 620. The number of halogens is 3. The van der Waals surface area contributed by atoms with Crippen molar-refractivity contribution in [2.24, 2.45) is 11.7 Å². The van der Waals surface area contributed by atoms with E-state index in [1.54, 1.807) is 11.0 Å². The maximum absolute atomic E-state index is 12.8. The lowest BCUT2D eigenvalue weighted by molar-refractivity contribution is -0.137. The molecule has 5 nitrogen and oxygen atoms in total. The summed E-state index contributed by atoms with van der Waals surface area (Å²) in [6.07, 6.45) is -4.14. The highest BCUT2D eigenvalue weighted by molar-refractivity contribution is 5.79. The fourth-order valence-corrected chi connectivity index (χ4v) is 3.57. The monoisotopic (exact) mass is 357 g/mol. The van der Waals surface area contributed by atoms with Gasteiger partial charge in [-0.1, -0.05) is 6.07 Å². The van der Waals surface area contributed by atoms with Gasteiger partial charge >= 0.3 is 6.18 Å². The fraction of sp³-hybridized carbons (Fsp3) is 0.588. The minimum absolute atomic E-state index is 0.0179. The number of carbonyl (C=O) groups is 1. The van der Waals surface area contributed by atoms with Crippen molar-refractivity contribution in [1.29, 1.82) is 0 Å². The number of benzene rings is 1. The number of carbonyl (C=O) groups excluding carboxylic acids is 1. The van der Waals surface area contributed by atoms with Gasteiger partial charge in [0.15, 0.2) is 0 Å². The minimum Gasteiger partial charge on any atom is -0.391 e. The Hall–Kier alpha value is -1.80. The van der Waals surface area contributed by atoms with Gasteiger partial charge in [-0.3, -0.25) is 4.79 Å². The molecule has 1 aromatic carbocycles. The molecule has 0 unspecified atom stereocenters. The highest BCUT2D eigenvalue weighted by Gasteiger charge is 2.37. The Morgan fingerprint density at radius 2 is 1.84 bits per heavy atom. The van der Waals surface area contributed by atoms with E-state index >= 15 is 0 Å². The van der Waals surface area contributed by atoms with E-state index in [9.17, 15) is 23.1 Å². The summed E-state index contributed by atoms with van der Waals surface area (Å²) >= 11 is 0. The first kappa shape index (κ1) is 18.0. The predicted molar refractivity (Wildman–Crippen MR) is 86.9 cm³/mol. The van der Waals surface area contributed by atoms with Crippen LogP contribution in [-0.2, 0) is 11.0 Å². The van der Waals surface area contributed by atoms with Crippen molar-refractivity contribution in [3.63, 3.8) is 0 Å². The quantitative estimate of drug-likeness (QED) is 0.841. The number of rotatable bonds is 2. The lowest BCUT2D eigenvalue weighted by atomic mass is 10.1. The second-order valence-electron chi connectivity index (χ2n) is 6.76. The molecule has 1 saturated carbocycles. The van der Waals surface area contributed by atoms with Crippen LogP contribution in [0.1, 0.15) is 18.4 Å². The van der Waals surface area contributed by atoms with E-state index in [1.165, 1.54) is 6.07 Å². The summed E-state index contributed by atoms with van der Waals surface area (Å²) in [5, 5.41) is 9.70. The number of hydrogen-bond donors (Lipinski definition) is 2. The van der Waals surface area contributed by atoms with Crippen LogP contribution in [0.2, 0.25) is 0 Å². The van der Waals surface area contributed by atoms with Crippen LogP contribution in [0.4, 0.5) is 18.9 Å². The Morgan fingerprint density at radius 1 is 1.16 bits per heavy atom. The van der Waals surface area contributed by atoms with Crippen LogP contribution in [0.5, 0.6) is 0 Å². The molecule has 1 heterocycles. The van der Waals surface area contributed by atoms with E-state index in [1.807, 2.05) is 4.90 Å². The summed E-state index contributed by atoms with van der Waals surface area (Å²) in [6, 6.07) is 4.89. The van der Waals surface area contributed by atoms with Crippen molar-refractivity contribution < 1.29 is 23.1 Å². The van der Waals surface area contributed by atoms with Gasteiger partial charge < -0.3 is 20.6 Å². The Morgan fingerprint density at radius 3 is 2.40 bits per heavy atom. The van der Waals surface area contributed by atoms with Crippen molar-refractivity contribution >= 4 is 11.6 Å². The van der Waals surface area contributed by atoms with E-state index < -0.39 is 17.8 Å². The standard InChI is InChI=1S/C17H22F3N3O2/c18-17(19,20)12-2-1-3-13(10-12)22-4-6-23(7-5-22)16(25)11-8-14(21)15(24)9-11/h1-3,10-11,14-15,24H,4-9,21H2/t11-,14-,15-/m0/s1. The van der Waals surface area contributed by atoms with Crippen molar-refractivity contribution in [3.05, 3.63) is 29.8 Å². The highest BCUT2D eigenvalue weighted by Crippen LogP contribution is 2.32. The van der Waals surface area contributed by atoms with Gasteiger partial charge in [0.2, 0.25) is 5.91 Å². The molecular formula is C17H22F3N3O2. The maximum Gasteiger partial charge on any atom is 0.416 e. The molecule has 0 bridgehead atoms. The van der Waals surface area contributed by atoms with Crippen molar-refractivity contribution in [2.45, 2.75) is 31.2 Å². The first-order chi connectivity index (χ1) is 11.8. The molecule has 2 aliphatic rings. The number of piperazine rings is 1. The summed E-state index contributed by atoms with van der Waals surface area (Å²) in [6.45, 7) is 1.87. The van der Waals surface area contributed by atoms with Gasteiger partial charge in [-0.15, -0.1) is 0 Å². The summed E-state index contributed by atoms with van der Waals surface area (Å²) in [5.41, 5.74) is 5.61. The second kappa shape index (κ2) is 6.84. The third-order valence-electron chi connectivity index (χ3n) is 5.06. The van der Waals surface area contributed by atoms with Crippen LogP contribution in [0.15, 0.2) is 24.3 Å². The minimum atomic E-state index is -4.37. The van der Waals surface area contributed by atoms with E-state index in [0.717, 1.165) is 12.1 Å². The molecule has 3 N–H and O–H groups in total. The highest BCUT2D eigenvalue weighted by atomic mass is 19.4. The maximum atomic E-state index is 12.8.